The first-order chi connectivity index (χ1) is 11.9. The van der Waals surface area contributed by atoms with Crippen molar-refractivity contribution < 1.29 is 16.8 Å². The van der Waals surface area contributed by atoms with Crippen molar-refractivity contribution in [2.45, 2.75) is 0 Å². The standard InChI is InChI=1S/2C10H8N2.Co/c2*1-3-7-11-9(5-1)10-6-2-4-8-12-10;/h2*1-8H;/q;;+3. The molecule has 0 saturated carbocycles. The van der Waals surface area contributed by atoms with Gasteiger partial charge in [0.05, 0.1) is 22.8 Å². The minimum atomic E-state index is 0. The summed E-state index contributed by atoms with van der Waals surface area (Å²) in [4.78, 5) is 16.7. The molecule has 0 saturated heterocycles. The van der Waals surface area contributed by atoms with E-state index in [0.717, 1.165) is 22.8 Å². The molecule has 4 heterocycles. The van der Waals surface area contributed by atoms with E-state index in [9.17, 15) is 0 Å². The summed E-state index contributed by atoms with van der Waals surface area (Å²) in [7, 11) is 0. The van der Waals surface area contributed by atoms with Crippen molar-refractivity contribution >= 4 is 0 Å². The third-order valence-electron chi connectivity index (χ3n) is 3.18. The molecule has 0 atom stereocenters. The molecule has 0 aliphatic rings. The van der Waals surface area contributed by atoms with E-state index in [1.807, 2.05) is 72.8 Å². The van der Waals surface area contributed by atoms with Crippen molar-refractivity contribution in [2.75, 3.05) is 0 Å². The van der Waals surface area contributed by atoms with Crippen LogP contribution in [-0.2, 0) is 16.8 Å². The minimum absolute atomic E-state index is 0. The molecule has 4 aromatic rings. The second kappa shape index (κ2) is 10.1. The van der Waals surface area contributed by atoms with Gasteiger partial charge in [-0.3, -0.25) is 19.9 Å². The number of aromatic nitrogens is 4. The smallest absolute Gasteiger partial charge is 0.255 e. The second-order valence-electron chi connectivity index (χ2n) is 4.86. The van der Waals surface area contributed by atoms with Gasteiger partial charge in [-0.05, 0) is 48.5 Å². The van der Waals surface area contributed by atoms with E-state index in [0.29, 0.717) is 0 Å². The molecule has 0 unspecified atom stereocenters. The van der Waals surface area contributed by atoms with Gasteiger partial charge in [-0.2, -0.15) is 0 Å². The topological polar surface area (TPSA) is 51.6 Å². The molecule has 0 bridgehead atoms. The Morgan fingerprint density at radius 2 is 0.600 bits per heavy atom. The zero-order valence-electron chi connectivity index (χ0n) is 13.4. The fourth-order valence-electron chi connectivity index (χ4n) is 2.06. The molecule has 122 valence electrons. The summed E-state index contributed by atoms with van der Waals surface area (Å²) in [5, 5.41) is 0. The summed E-state index contributed by atoms with van der Waals surface area (Å²) in [6.07, 6.45) is 7.07. The maximum atomic E-state index is 4.19. The molecule has 4 nitrogen and oxygen atoms in total. The van der Waals surface area contributed by atoms with E-state index in [4.69, 9.17) is 0 Å². The first-order valence-corrected chi connectivity index (χ1v) is 7.58. The Labute approximate surface area is 157 Å². The van der Waals surface area contributed by atoms with Crippen LogP contribution >= 0.6 is 0 Å². The Balaban J connectivity index is 0.000000173. The third-order valence-corrected chi connectivity index (χ3v) is 3.18. The Kier molecular flexibility index (Phi) is 7.43. The fraction of sp³-hybridized carbons (Fsp3) is 0. The molecule has 0 aliphatic heterocycles. The quantitative estimate of drug-likeness (QED) is 0.528. The molecular formula is C20H16CoN4+3. The Morgan fingerprint density at radius 1 is 0.360 bits per heavy atom. The zero-order chi connectivity index (χ0) is 16.5. The summed E-state index contributed by atoms with van der Waals surface area (Å²) >= 11 is 0. The van der Waals surface area contributed by atoms with Crippen LogP contribution in [0.1, 0.15) is 0 Å². The van der Waals surface area contributed by atoms with Crippen LogP contribution in [0.15, 0.2) is 97.6 Å². The number of hydrogen-bond donors (Lipinski definition) is 0. The maximum Gasteiger partial charge on any atom is 3.00 e. The van der Waals surface area contributed by atoms with Gasteiger partial charge in [-0.15, -0.1) is 0 Å². The predicted molar refractivity (Wildman–Crippen MR) is 94.9 cm³/mol. The molecule has 0 N–H and O–H groups in total. The van der Waals surface area contributed by atoms with E-state index in [2.05, 4.69) is 19.9 Å². The molecule has 25 heavy (non-hydrogen) atoms. The average Bonchev–Trinajstić information content (AvgIpc) is 2.71. The molecule has 0 aliphatic carbocycles. The predicted octanol–water partition coefficient (Wildman–Crippen LogP) is 4.28. The minimum Gasteiger partial charge on any atom is -0.255 e. The van der Waals surface area contributed by atoms with E-state index < -0.39 is 0 Å². The van der Waals surface area contributed by atoms with Gasteiger partial charge in [0, 0.05) is 24.8 Å². The van der Waals surface area contributed by atoms with Crippen molar-refractivity contribution in [1.82, 2.24) is 19.9 Å². The van der Waals surface area contributed by atoms with Gasteiger partial charge in [-0.25, -0.2) is 0 Å². The van der Waals surface area contributed by atoms with Gasteiger partial charge in [0.15, 0.2) is 0 Å². The molecule has 0 radical (unpaired) electrons. The van der Waals surface area contributed by atoms with Gasteiger partial charge in [0.2, 0.25) is 0 Å². The molecule has 0 fully saturated rings. The maximum absolute atomic E-state index is 4.19. The molecular weight excluding hydrogens is 355 g/mol. The van der Waals surface area contributed by atoms with E-state index in [1.54, 1.807) is 24.8 Å². The van der Waals surface area contributed by atoms with Crippen LogP contribution in [0.4, 0.5) is 0 Å². The summed E-state index contributed by atoms with van der Waals surface area (Å²) < 4.78 is 0. The summed E-state index contributed by atoms with van der Waals surface area (Å²) in [6, 6.07) is 23.2. The van der Waals surface area contributed by atoms with E-state index in [-0.39, 0.29) is 16.8 Å². The number of rotatable bonds is 2. The van der Waals surface area contributed by atoms with Crippen LogP contribution in [0.25, 0.3) is 22.8 Å². The Hall–Kier alpha value is -2.89. The first-order valence-electron chi connectivity index (χ1n) is 7.58. The molecule has 0 amide bonds. The second-order valence-corrected chi connectivity index (χ2v) is 4.86. The summed E-state index contributed by atoms with van der Waals surface area (Å²) in [5.41, 5.74) is 3.66. The van der Waals surface area contributed by atoms with Crippen LogP contribution in [0.5, 0.6) is 0 Å². The van der Waals surface area contributed by atoms with Crippen molar-refractivity contribution in [3.63, 3.8) is 0 Å². The van der Waals surface area contributed by atoms with Crippen LogP contribution in [0.2, 0.25) is 0 Å². The third kappa shape index (κ3) is 5.60. The Bertz CT molecular complexity index is 692. The largest absolute Gasteiger partial charge is 3.00 e. The SMILES string of the molecule is [Co+3].c1ccc(-c2ccccn2)nc1.c1ccc(-c2ccccn2)nc1. The molecule has 5 heteroatoms. The van der Waals surface area contributed by atoms with Crippen LogP contribution in [0, 0.1) is 0 Å². The molecule has 4 rings (SSSR count). The van der Waals surface area contributed by atoms with Gasteiger partial charge in [0.1, 0.15) is 0 Å². The van der Waals surface area contributed by atoms with Crippen LogP contribution in [-0.4, -0.2) is 19.9 Å². The normalized spacial score (nSPS) is 9.28. The summed E-state index contributed by atoms with van der Waals surface area (Å²) in [6.45, 7) is 0. The fourth-order valence-corrected chi connectivity index (χ4v) is 2.06. The first kappa shape index (κ1) is 18.4. The average molecular weight is 371 g/mol. The number of pyridine rings is 4. The monoisotopic (exact) mass is 371 g/mol. The van der Waals surface area contributed by atoms with Gasteiger partial charge in [0.25, 0.3) is 0 Å². The zero-order valence-corrected chi connectivity index (χ0v) is 14.4. The van der Waals surface area contributed by atoms with Crippen LogP contribution < -0.4 is 0 Å². The Morgan fingerprint density at radius 3 is 0.760 bits per heavy atom. The van der Waals surface area contributed by atoms with Crippen molar-refractivity contribution in [3.05, 3.63) is 97.6 Å². The van der Waals surface area contributed by atoms with Crippen molar-refractivity contribution in [3.8, 4) is 22.8 Å². The number of nitrogens with zero attached hydrogens (tertiary/aromatic N) is 4. The van der Waals surface area contributed by atoms with Crippen molar-refractivity contribution in [2.24, 2.45) is 0 Å². The van der Waals surface area contributed by atoms with Gasteiger partial charge < -0.3 is 0 Å². The molecule has 0 spiro atoms. The number of hydrogen-bond acceptors (Lipinski definition) is 4. The van der Waals surface area contributed by atoms with Gasteiger partial charge in [-0.1, -0.05) is 24.3 Å². The van der Waals surface area contributed by atoms with E-state index in [1.165, 1.54) is 0 Å². The summed E-state index contributed by atoms with van der Waals surface area (Å²) in [5.74, 6) is 0. The van der Waals surface area contributed by atoms with Gasteiger partial charge >= 0.3 is 16.8 Å². The van der Waals surface area contributed by atoms with E-state index >= 15 is 0 Å². The molecule has 0 aromatic carbocycles. The molecule has 4 aromatic heterocycles. The van der Waals surface area contributed by atoms with Crippen LogP contribution in [0.3, 0.4) is 0 Å². The van der Waals surface area contributed by atoms with Crippen molar-refractivity contribution in [1.29, 1.82) is 0 Å².